The standard InChI is InChI=1S/C13H28S8/c14-2-6-20-12(8-16)10-18-4-1-5-19-11-13(9-17)21-7-3-15/h12-17H,1-11H2/t12-,13+. The van der Waals surface area contributed by atoms with Crippen molar-refractivity contribution in [3.05, 3.63) is 0 Å². The number of hydrogen-bond donors (Lipinski definition) is 4. The third-order valence-corrected chi connectivity index (χ3v) is 10.3. The third-order valence-electron chi connectivity index (χ3n) is 2.48. The number of thioether (sulfide) groups is 4. The number of rotatable bonds is 16. The first-order chi connectivity index (χ1) is 10.3. The SMILES string of the molecule is SCCS[C@H](CS)CSCCCSC[C@H](CS)SCCS. The summed E-state index contributed by atoms with van der Waals surface area (Å²) in [5, 5.41) is 1.37. The molecule has 2 atom stereocenters. The van der Waals surface area contributed by atoms with Gasteiger partial charge in [-0.2, -0.15) is 97.6 Å². The summed E-state index contributed by atoms with van der Waals surface area (Å²) in [4.78, 5) is 0. The van der Waals surface area contributed by atoms with Gasteiger partial charge in [-0.15, -0.1) is 0 Å². The minimum atomic E-state index is 0.685. The van der Waals surface area contributed by atoms with E-state index in [-0.39, 0.29) is 0 Å². The molecule has 0 fully saturated rings. The van der Waals surface area contributed by atoms with Crippen LogP contribution in [0.5, 0.6) is 0 Å². The highest BCUT2D eigenvalue weighted by molar-refractivity contribution is 8.04. The van der Waals surface area contributed by atoms with Crippen molar-refractivity contribution in [1.29, 1.82) is 0 Å². The Bertz CT molecular complexity index is 185. The zero-order chi connectivity index (χ0) is 15.8. The van der Waals surface area contributed by atoms with E-state index in [4.69, 9.17) is 0 Å². The molecular weight excluding hydrogens is 413 g/mol. The maximum absolute atomic E-state index is 4.43. The van der Waals surface area contributed by atoms with Crippen LogP contribution in [0.4, 0.5) is 0 Å². The molecule has 0 aliphatic heterocycles. The van der Waals surface area contributed by atoms with Gasteiger partial charge in [0.25, 0.3) is 0 Å². The molecule has 0 aromatic heterocycles. The summed E-state index contributed by atoms with van der Waals surface area (Å²) >= 11 is 25.6. The monoisotopic (exact) mass is 440 g/mol. The molecule has 0 nitrogen and oxygen atoms in total. The molecule has 128 valence electrons. The van der Waals surface area contributed by atoms with Gasteiger partial charge in [-0.3, -0.25) is 0 Å². The average molecular weight is 441 g/mol. The molecule has 0 rings (SSSR count). The van der Waals surface area contributed by atoms with E-state index in [1.54, 1.807) is 0 Å². The Hall–Kier alpha value is 2.80. The molecule has 0 radical (unpaired) electrons. The van der Waals surface area contributed by atoms with Crippen LogP contribution >= 0.6 is 97.6 Å². The molecule has 0 bridgehead atoms. The summed E-state index contributed by atoms with van der Waals surface area (Å²) < 4.78 is 0. The van der Waals surface area contributed by atoms with E-state index in [9.17, 15) is 0 Å². The van der Waals surface area contributed by atoms with Crippen LogP contribution in [0, 0.1) is 0 Å². The smallest absolute Gasteiger partial charge is 0.0226 e. The van der Waals surface area contributed by atoms with E-state index in [2.05, 4.69) is 74.0 Å². The Kier molecular flexibility index (Phi) is 21.7. The zero-order valence-electron chi connectivity index (χ0n) is 12.4. The molecule has 0 amide bonds. The molecule has 0 aliphatic carbocycles. The molecule has 0 N–H and O–H groups in total. The van der Waals surface area contributed by atoms with Gasteiger partial charge >= 0.3 is 0 Å². The third kappa shape index (κ3) is 16.0. The topological polar surface area (TPSA) is 0 Å². The lowest BCUT2D eigenvalue weighted by Crippen LogP contribution is -2.11. The van der Waals surface area contributed by atoms with Gasteiger partial charge in [-0.05, 0) is 29.4 Å². The Labute approximate surface area is 170 Å². The van der Waals surface area contributed by atoms with E-state index in [1.807, 2.05) is 23.5 Å². The minimum Gasteiger partial charge on any atom is -0.179 e. The maximum atomic E-state index is 4.43. The van der Waals surface area contributed by atoms with Gasteiger partial charge in [0.15, 0.2) is 0 Å². The predicted molar refractivity (Wildman–Crippen MR) is 127 cm³/mol. The van der Waals surface area contributed by atoms with Crippen molar-refractivity contribution in [3.63, 3.8) is 0 Å². The van der Waals surface area contributed by atoms with Crippen LogP contribution in [0.3, 0.4) is 0 Å². The van der Waals surface area contributed by atoms with Crippen molar-refractivity contribution in [1.82, 2.24) is 0 Å². The number of thiol groups is 4. The summed E-state index contributed by atoms with van der Waals surface area (Å²) in [7, 11) is 0. The van der Waals surface area contributed by atoms with Crippen LogP contribution in [0.15, 0.2) is 0 Å². The van der Waals surface area contributed by atoms with Crippen molar-refractivity contribution < 1.29 is 0 Å². The largest absolute Gasteiger partial charge is 0.179 e. The van der Waals surface area contributed by atoms with E-state index < -0.39 is 0 Å². The van der Waals surface area contributed by atoms with Gasteiger partial charge < -0.3 is 0 Å². The summed E-state index contributed by atoms with van der Waals surface area (Å²) in [6.45, 7) is 0. The minimum absolute atomic E-state index is 0.685. The molecule has 0 spiro atoms. The Morgan fingerprint density at radius 2 is 1.05 bits per heavy atom. The van der Waals surface area contributed by atoms with Crippen molar-refractivity contribution in [2.45, 2.75) is 16.9 Å². The van der Waals surface area contributed by atoms with Crippen LogP contribution in [-0.4, -0.2) is 68.0 Å². The zero-order valence-corrected chi connectivity index (χ0v) is 19.2. The van der Waals surface area contributed by atoms with Gasteiger partial charge in [-0.1, -0.05) is 0 Å². The number of hydrogen-bond acceptors (Lipinski definition) is 8. The summed E-state index contributed by atoms with van der Waals surface area (Å²) in [5.41, 5.74) is 0. The maximum Gasteiger partial charge on any atom is 0.0226 e. The van der Waals surface area contributed by atoms with Crippen LogP contribution in [0.25, 0.3) is 0 Å². The highest BCUT2D eigenvalue weighted by atomic mass is 32.2. The molecule has 0 heterocycles. The lowest BCUT2D eigenvalue weighted by molar-refractivity contribution is 1.09. The highest BCUT2D eigenvalue weighted by Gasteiger charge is 2.08. The van der Waals surface area contributed by atoms with Crippen LogP contribution < -0.4 is 0 Å². The van der Waals surface area contributed by atoms with Gasteiger partial charge in [-0.25, -0.2) is 0 Å². The second-order valence-electron chi connectivity index (χ2n) is 4.30. The second-order valence-corrected chi connectivity index (χ2v) is 11.0. The molecule has 0 unspecified atom stereocenters. The molecule has 21 heavy (non-hydrogen) atoms. The lowest BCUT2D eigenvalue weighted by atomic mass is 10.5. The summed E-state index contributed by atoms with van der Waals surface area (Å²) in [5.74, 6) is 11.2. The fourth-order valence-corrected chi connectivity index (χ4v) is 7.72. The molecule has 8 heteroatoms. The Balaban J connectivity index is 3.41. The molecule has 0 aromatic rings. The Morgan fingerprint density at radius 3 is 1.38 bits per heavy atom. The van der Waals surface area contributed by atoms with Gasteiger partial charge in [0.05, 0.1) is 0 Å². The molecule has 0 aromatic carbocycles. The second kappa shape index (κ2) is 19.1. The normalized spacial score (nSPS) is 14.3. The Morgan fingerprint density at radius 1 is 0.619 bits per heavy atom. The highest BCUT2D eigenvalue weighted by Crippen LogP contribution is 2.21. The van der Waals surface area contributed by atoms with Crippen LogP contribution in [0.2, 0.25) is 0 Å². The first-order valence-electron chi connectivity index (χ1n) is 7.10. The lowest BCUT2D eigenvalue weighted by Gasteiger charge is -2.14. The van der Waals surface area contributed by atoms with E-state index in [1.165, 1.54) is 29.4 Å². The predicted octanol–water partition coefficient (Wildman–Crippen LogP) is 4.77. The van der Waals surface area contributed by atoms with Gasteiger partial charge in [0, 0.05) is 45.0 Å². The van der Waals surface area contributed by atoms with Gasteiger partial charge in [0.2, 0.25) is 0 Å². The van der Waals surface area contributed by atoms with Crippen LogP contribution in [-0.2, 0) is 0 Å². The van der Waals surface area contributed by atoms with E-state index >= 15 is 0 Å². The van der Waals surface area contributed by atoms with Crippen molar-refractivity contribution in [2.24, 2.45) is 0 Å². The molecule has 0 aliphatic rings. The quantitative estimate of drug-likeness (QED) is 0.202. The first-order valence-corrected chi connectivity index (χ1v) is 14.0. The van der Waals surface area contributed by atoms with E-state index in [0.29, 0.717) is 10.5 Å². The fourth-order valence-electron chi connectivity index (χ4n) is 1.44. The van der Waals surface area contributed by atoms with Crippen LogP contribution in [0.1, 0.15) is 6.42 Å². The van der Waals surface area contributed by atoms with E-state index in [0.717, 1.165) is 34.5 Å². The summed E-state index contributed by atoms with van der Waals surface area (Å²) in [6, 6.07) is 0. The molecule has 0 saturated carbocycles. The summed E-state index contributed by atoms with van der Waals surface area (Å²) in [6.07, 6.45) is 1.31. The fraction of sp³-hybridized carbons (Fsp3) is 1.00. The van der Waals surface area contributed by atoms with Crippen molar-refractivity contribution in [3.8, 4) is 0 Å². The average Bonchev–Trinajstić information content (AvgIpc) is 2.52. The molecular formula is C13H28S8. The van der Waals surface area contributed by atoms with Gasteiger partial charge in [0.1, 0.15) is 0 Å². The molecule has 0 saturated heterocycles. The van der Waals surface area contributed by atoms with Crippen molar-refractivity contribution in [2.75, 3.05) is 57.5 Å². The first kappa shape index (κ1) is 23.8. The van der Waals surface area contributed by atoms with Crippen molar-refractivity contribution >= 4 is 97.6 Å².